The fourth-order valence-electron chi connectivity index (χ4n) is 4.03. The Balaban J connectivity index is 1.64. The molecular formula is C31H38O2SSi. The van der Waals surface area contributed by atoms with Crippen LogP contribution in [0.15, 0.2) is 103 Å². The maximum atomic E-state index is 12.0. The lowest BCUT2D eigenvalue weighted by molar-refractivity contribution is -0.143. The standard InChI is InChI=1S/C31H38O2SSi/c1-35(2,3)26-24-33-30(32)23-15-4-5-16-25-34-31(27-17-9-6-10-18-27,28-19-11-7-12-20-28)29-21-13-8-14-22-29/h4-14,17-22H,15-16,23-26H2,1-3H3. The molecule has 2 nitrogen and oxygen atoms in total. The van der Waals surface area contributed by atoms with Gasteiger partial charge in [0.25, 0.3) is 0 Å². The Bertz CT molecular complexity index is 947. The number of thioether (sulfide) groups is 1. The summed E-state index contributed by atoms with van der Waals surface area (Å²) >= 11 is 1.97. The molecule has 0 bridgehead atoms. The van der Waals surface area contributed by atoms with Crippen LogP contribution in [0.2, 0.25) is 25.7 Å². The number of esters is 1. The molecule has 0 amide bonds. The zero-order valence-corrected chi connectivity index (χ0v) is 23.1. The highest BCUT2D eigenvalue weighted by Gasteiger charge is 2.36. The number of carbonyl (C=O) groups excluding carboxylic acids is 1. The van der Waals surface area contributed by atoms with Gasteiger partial charge in [0.15, 0.2) is 0 Å². The third-order valence-electron chi connectivity index (χ3n) is 5.94. The van der Waals surface area contributed by atoms with E-state index in [0.717, 1.165) is 24.6 Å². The summed E-state index contributed by atoms with van der Waals surface area (Å²) in [6.07, 6.45) is 6.46. The number of ether oxygens (including phenoxy) is 1. The zero-order valence-electron chi connectivity index (χ0n) is 21.3. The molecule has 0 aliphatic heterocycles. The Kier molecular flexibility index (Phi) is 10.4. The van der Waals surface area contributed by atoms with Crippen molar-refractivity contribution in [2.45, 2.75) is 49.7 Å². The normalized spacial score (nSPS) is 12.1. The molecule has 0 aliphatic carbocycles. The smallest absolute Gasteiger partial charge is 0.306 e. The highest BCUT2D eigenvalue weighted by molar-refractivity contribution is 8.00. The van der Waals surface area contributed by atoms with Gasteiger partial charge in [-0.05, 0) is 41.3 Å². The number of rotatable bonds is 13. The highest BCUT2D eigenvalue weighted by atomic mass is 32.2. The Labute approximate surface area is 216 Å². The molecule has 3 rings (SSSR count). The summed E-state index contributed by atoms with van der Waals surface area (Å²) in [5, 5.41) is 0. The molecule has 0 heterocycles. The van der Waals surface area contributed by atoms with Crippen LogP contribution >= 0.6 is 11.8 Å². The first kappa shape index (κ1) is 27.0. The average molecular weight is 503 g/mol. The van der Waals surface area contributed by atoms with E-state index in [4.69, 9.17) is 4.74 Å². The highest BCUT2D eigenvalue weighted by Crippen LogP contribution is 2.48. The number of hydrogen-bond acceptors (Lipinski definition) is 3. The van der Waals surface area contributed by atoms with Gasteiger partial charge in [-0.15, -0.1) is 11.8 Å². The largest absolute Gasteiger partial charge is 0.466 e. The first-order valence-corrected chi connectivity index (χ1v) is 17.2. The molecule has 0 unspecified atom stereocenters. The van der Waals surface area contributed by atoms with E-state index >= 15 is 0 Å². The minimum atomic E-state index is -1.16. The van der Waals surface area contributed by atoms with Gasteiger partial charge in [0.05, 0.1) is 11.4 Å². The van der Waals surface area contributed by atoms with Crippen LogP contribution in [0.25, 0.3) is 0 Å². The molecule has 184 valence electrons. The van der Waals surface area contributed by atoms with Crippen LogP contribution in [-0.4, -0.2) is 26.4 Å². The molecule has 0 saturated carbocycles. The molecule has 0 fully saturated rings. The van der Waals surface area contributed by atoms with Crippen molar-refractivity contribution in [3.63, 3.8) is 0 Å². The van der Waals surface area contributed by atoms with Gasteiger partial charge in [-0.3, -0.25) is 4.79 Å². The predicted octanol–water partition coefficient (Wildman–Crippen LogP) is 8.32. The summed E-state index contributed by atoms with van der Waals surface area (Å²) in [5.74, 6) is 0.883. The molecule has 0 aliphatic rings. The Morgan fingerprint density at radius 2 is 1.23 bits per heavy atom. The van der Waals surface area contributed by atoms with E-state index in [-0.39, 0.29) is 10.7 Å². The lowest BCUT2D eigenvalue weighted by Crippen LogP contribution is -2.26. The van der Waals surface area contributed by atoms with Gasteiger partial charge < -0.3 is 4.74 Å². The van der Waals surface area contributed by atoms with Crippen molar-refractivity contribution in [3.05, 3.63) is 120 Å². The van der Waals surface area contributed by atoms with Gasteiger partial charge >= 0.3 is 5.97 Å². The molecule has 0 N–H and O–H groups in total. The fourth-order valence-corrected chi connectivity index (χ4v) is 6.21. The molecule has 4 heteroatoms. The zero-order chi connectivity index (χ0) is 25.0. The van der Waals surface area contributed by atoms with Crippen molar-refractivity contribution >= 4 is 25.8 Å². The lowest BCUT2D eigenvalue weighted by atomic mass is 9.84. The number of allylic oxidation sites excluding steroid dienone is 2. The first-order chi connectivity index (χ1) is 16.9. The van der Waals surface area contributed by atoms with E-state index < -0.39 is 8.07 Å². The maximum Gasteiger partial charge on any atom is 0.306 e. The Hall–Kier alpha value is -2.56. The molecule has 0 aromatic heterocycles. The van der Waals surface area contributed by atoms with Gasteiger partial charge in [-0.25, -0.2) is 0 Å². The van der Waals surface area contributed by atoms with Gasteiger partial charge in [-0.1, -0.05) is 123 Å². The van der Waals surface area contributed by atoms with Gasteiger partial charge in [0.1, 0.15) is 0 Å². The lowest BCUT2D eigenvalue weighted by Gasteiger charge is -2.35. The topological polar surface area (TPSA) is 26.3 Å². The summed E-state index contributed by atoms with van der Waals surface area (Å²) in [7, 11) is -1.16. The molecule has 3 aromatic carbocycles. The Morgan fingerprint density at radius 1 is 0.771 bits per heavy atom. The third kappa shape index (κ3) is 8.26. The second kappa shape index (κ2) is 13.5. The summed E-state index contributed by atoms with van der Waals surface area (Å²) in [5.41, 5.74) is 3.85. The molecule has 0 spiro atoms. The molecule has 0 radical (unpaired) electrons. The number of benzene rings is 3. The van der Waals surface area contributed by atoms with Crippen LogP contribution in [0.5, 0.6) is 0 Å². The quantitative estimate of drug-likeness (QED) is 0.0772. The van der Waals surface area contributed by atoms with E-state index in [1.54, 1.807) is 0 Å². The fraction of sp³-hybridized carbons (Fsp3) is 0.323. The Morgan fingerprint density at radius 3 is 1.69 bits per heavy atom. The van der Waals surface area contributed by atoms with E-state index in [1.807, 2.05) is 11.8 Å². The second-order valence-electron chi connectivity index (χ2n) is 9.96. The minimum Gasteiger partial charge on any atom is -0.466 e. The van der Waals surface area contributed by atoms with Crippen molar-refractivity contribution in [1.82, 2.24) is 0 Å². The van der Waals surface area contributed by atoms with Crippen LogP contribution in [0.1, 0.15) is 36.0 Å². The van der Waals surface area contributed by atoms with Crippen LogP contribution < -0.4 is 0 Å². The van der Waals surface area contributed by atoms with Crippen molar-refractivity contribution in [2.75, 3.05) is 12.4 Å². The van der Waals surface area contributed by atoms with E-state index in [0.29, 0.717) is 13.0 Å². The van der Waals surface area contributed by atoms with Crippen LogP contribution in [0.4, 0.5) is 0 Å². The van der Waals surface area contributed by atoms with E-state index in [1.165, 1.54) is 16.7 Å². The summed E-state index contributed by atoms with van der Waals surface area (Å²) < 4.78 is 5.12. The number of hydrogen-bond donors (Lipinski definition) is 0. The van der Waals surface area contributed by atoms with Gasteiger partial charge in [-0.2, -0.15) is 0 Å². The number of carbonyl (C=O) groups is 1. The minimum absolute atomic E-state index is 0.0847. The molecule has 0 saturated heterocycles. The summed E-state index contributed by atoms with van der Waals surface area (Å²) in [6.45, 7) is 7.45. The van der Waals surface area contributed by atoms with Crippen LogP contribution in [-0.2, 0) is 14.3 Å². The predicted molar refractivity (Wildman–Crippen MR) is 154 cm³/mol. The van der Waals surface area contributed by atoms with Gasteiger partial charge in [0.2, 0.25) is 0 Å². The molecule has 0 atom stereocenters. The van der Waals surface area contributed by atoms with Crippen molar-refractivity contribution < 1.29 is 9.53 Å². The average Bonchev–Trinajstić information content (AvgIpc) is 2.87. The van der Waals surface area contributed by atoms with Crippen LogP contribution in [0.3, 0.4) is 0 Å². The van der Waals surface area contributed by atoms with E-state index in [9.17, 15) is 4.79 Å². The van der Waals surface area contributed by atoms with E-state index in [2.05, 4.69) is 123 Å². The van der Waals surface area contributed by atoms with Crippen LogP contribution in [0, 0.1) is 0 Å². The van der Waals surface area contributed by atoms with Gasteiger partial charge in [0, 0.05) is 14.5 Å². The second-order valence-corrected chi connectivity index (χ2v) is 16.9. The van der Waals surface area contributed by atoms with Crippen molar-refractivity contribution in [2.24, 2.45) is 0 Å². The first-order valence-electron chi connectivity index (χ1n) is 12.5. The maximum absolute atomic E-state index is 12.0. The van der Waals surface area contributed by atoms with Crippen molar-refractivity contribution in [3.8, 4) is 0 Å². The molecule has 35 heavy (non-hydrogen) atoms. The summed E-state index contributed by atoms with van der Waals surface area (Å²) in [4.78, 5) is 12.0. The monoisotopic (exact) mass is 502 g/mol. The molecular weight excluding hydrogens is 464 g/mol. The van der Waals surface area contributed by atoms with Crippen molar-refractivity contribution in [1.29, 1.82) is 0 Å². The summed E-state index contributed by atoms with van der Waals surface area (Å²) in [6, 6.07) is 33.4. The third-order valence-corrected chi connectivity index (χ3v) is 9.23. The SMILES string of the molecule is C[Si](C)(C)CCOC(=O)CCC=CCCSC(c1ccccc1)(c1ccccc1)c1ccccc1. The molecule has 3 aromatic rings.